The molecule has 2 aromatic carbocycles. The molecule has 2 aromatic rings. The monoisotopic (exact) mass is 543 g/mol. The summed E-state index contributed by atoms with van der Waals surface area (Å²) in [5.74, 6) is 4.06. The van der Waals surface area contributed by atoms with Crippen LogP contribution in [0.15, 0.2) is 35.3 Å². The molecule has 0 saturated heterocycles. The van der Waals surface area contributed by atoms with Gasteiger partial charge in [0.25, 0.3) is 0 Å². The highest BCUT2D eigenvalue weighted by atomic mass is 127. The van der Waals surface area contributed by atoms with Crippen molar-refractivity contribution in [1.82, 2.24) is 5.32 Å². The van der Waals surface area contributed by atoms with Gasteiger partial charge in [-0.2, -0.15) is 0 Å². The van der Waals surface area contributed by atoms with Gasteiger partial charge in [-0.05, 0) is 24.6 Å². The zero-order chi connectivity index (χ0) is 21.3. The van der Waals surface area contributed by atoms with Crippen LogP contribution >= 0.6 is 24.0 Å². The molecule has 0 amide bonds. The highest BCUT2D eigenvalue weighted by Gasteiger charge is 2.16. The van der Waals surface area contributed by atoms with Crippen molar-refractivity contribution in [3.05, 3.63) is 35.9 Å². The van der Waals surface area contributed by atoms with Crippen LogP contribution in [-0.4, -0.2) is 54.1 Å². The average molecular weight is 543 g/mol. The molecule has 1 heterocycles. The topological polar surface area (TPSA) is 82.6 Å². The Morgan fingerprint density at radius 1 is 0.968 bits per heavy atom. The van der Waals surface area contributed by atoms with Gasteiger partial charge < -0.3 is 34.3 Å². The summed E-state index contributed by atoms with van der Waals surface area (Å²) in [6.07, 6.45) is 1.59. The van der Waals surface area contributed by atoms with Gasteiger partial charge in [-0.15, -0.1) is 24.0 Å². The molecule has 0 bridgehead atoms. The molecule has 0 atom stereocenters. The van der Waals surface area contributed by atoms with E-state index in [1.54, 1.807) is 28.4 Å². The molecule has 0 fully saturated rings. The number of aliphatic imine (C=N–C) groups is 1. The van der Waals surface area contributed by atoms with E-state index >= 15 is 0 Å². The molecule has 2 N–H and O–H groups in total. The summed E-state index contributed by atoms with van der Waals surface area (Å²) in [4.78, 5) is 4.30. The lowest BCUT2D eigenvalue weighted by atomic mass is 10.1. The molecule has 0 spiro atoms. The number of ether oxygens (including phenoxy) is 5. The number of hydrogen-bond donors (Lipinski definition) is 2. The van der Waals surface area contributed by atoms with Crippen molar-refractivity contribution in [2.75, 3.05) is 53.5 Å². The van der Waals surface area contributed by atoms with Gasteiger partial charge in [-0.3, -0.25) is 4.99 Å². The lowest BCUT2D eigenvalue weighted by Crippen LogP contribution is -2.32. The maximum atomic E-state index is 5.75. The first-order valence-corrected chi connectivity index (χ1v) is 9.85. The van der Waals surface area contributed by atoms with Gasteiger partial charge in [0.15, 0.2) is 29.0 Å². The van der Waals surface area contributed by atoms with Crippen molar-refractivity contribution < 1.29 is 23.7 Å². The van der Waals surface area contributed by atoms with Crippen molar-refractivity contribution in [1.29, 1.82) is 0 Å². The van der Waals surface area contributed by atoms with Crippen LogP contribution in [0.4, 0.5) is 5.69 Å². The van der Waals surface area contributed by atoms with Gasteiger partial charge in [-0.25, -0.2) is 0 Å². The van der Waals surface area contributed by atoms with Crippen LogP contribution in [-0.2, 0) is 6.42 Å². The van der Waals surface area contributed by atoms with E-state index in [0.29, 0.717) is 49.4 Å². The Balaban J connectivity index is 0.00000341. The standard InChI is InChI=1S/C22H29N3O5.HI/c1-23-22(25-16-7-9-17-19(14-16)30-13-5-12-29-17)24-11-10-15-6-8-18(26-2)21(28-4)20(15)27-3;/h6-9,14H,5,10-13H2,1-4H3,(H2,23,24,25);1H. The second-order valence-corrected chi connectivity index (χ2v) is 6.58. The highest BCUT2D eigenvalue weighted by molar-refractivity contribution is 14.0. The molecule has 1 aliphatic rings. The van der Waals surface area contributed by atoms with Gasteiger partial charge in [0.2, 0.25) is 5.75 Å². The third-order valence-electron chi connectivity index (χ3n) is 4.71. The lowest BCUT2D eigenvalue weighted by molar-refractivity contribution is 0.297. The molecular formula is C22H30IN3O5. The number of benzene rings is 2. The summed E-state index contributed by atoms with van der Waals surface area (Å²) < 4.78 is 27.8. The summed E-state index contributed by atoms with van der Waals surface area (Å²) in [5.41, 5.74) is 1.88. The number of methoxy groups -OCH3 is 3. The number of rotatable bonds is 7. The van der Waals surface area contributed by atoms with Gasteiger partial charge >= 0.3 is 0 Å². The molecule has 8 nitrogen and oxygen atoms in total. The maximum absolute atomic E-state index is 5.75. The predicted molar refractivity (Wildman–Crippen MR) is 132 cm³/mol. The molecular weight excluding hydrogens is 513 g/mol. The second kappa shape index (κ2) is 12.3. The summed E-state index contributed by atoms with van der Waals surface area (Å²) in [7, 11) is 6.56. The Kier molecular flexibility index (Phi) is 9.83. The quantitative estimate of drug-likeness (QED) is 0.313. The number of anilines is 1. The van der Waals surface area contributed by atoms with Crippen LogP contribution in [0, 0.1) is 0 Å². The predicted octanol–water partition coefficient (Wildman–Crippen LogP) is 3.72. The summed E-state index contributed by atoms with van der Waals surface area (Å²) in [5, 5.41) is 6.60. The highest BCUT2D eigenvalue weighted by Crippen LogP contribution is 2.39. The number of halogens is 1. The molecule has 1 aliphatic heterocycles. The van der Waals surface area contributed by atoms with Crippen LogP contribution in [0.5, 0.6) is 28.7 Å². The Hall–Kier alpha value is -2.56. The number of nitrogens with zero attached hydrogens (tertiary/aromatic N) is 1. The number of guanidine groups is 1. The van der Waals surface area contributed by atoms with E-state index in [0.717, 1.165) is 29.2 Å². The fourth-order valence-electron chi connectivity index (χ4n) is 3.23. The van der Waals surface area contributed by atoms with E-state index in [9.17, 15) is 0 Å². The Morgan fingerprint density at radius 3 is 2.39 bits per heavy atom. The Labute approximate surface area is 200 Å². The van der Waals surface area contributed by atoms with E-state index in [1.165, 1.54) is 0 Å². The Morgan fingerprint density at radius 2 is 1.71 bits per heavy atom. The average Bonchev–Trinajstić information content (AvgIpc) is 3.02. The van der Waals surface area contributed by atoms with Crippen molar-refractivity contribution in [2.24, 2.45) is 4.99 Å². The number of hydrogen-bond acceptors (Lipinski definition) is 6. The second-order valence-electron chi connectivity index (χ2n) is 6.58. The molecule has 3 rings (SSSR count). The van der Waals surface area contributed by atoms with Gasteiger partial charge in [0.05, 0.1) is 34.5 Å². The van der Waals surface area contributed by atoms with E-state index in [1.807, 2.05) is 30.3 Å². The molecule has 0 aromatic heterocycles. The third-order valence-corrected chi connectivity index (χ3v) is 4.71. The molecule has 9 heteroatoms. The SMILES string of the molecule is CN=C(NCCc1ccc(OC)c(OC)c1OC)Nc1ccc2c(c1)OCCCO2.I. The summed E-state index contributed by atoms with van der Waals surface area (Å²) in [6.45, 7) is 1.97. The zero-order valence-electron chi connectivity index (χ0n) is 18.3. The summed E-state index contributed by atoms with van der Waals surface area (Å²) in [6, 6.07) is 9.62. The molecule has 31 heavy (non-hydrogen) atoms. The van der Waals surface area contributed by atoms with E-state index in [-0.39, 0.29) is 24.0 Å². The van der Waals surface area contributed by atoms with E-state index in [4.69, 9.17) is 23.7 Å². The third kappa shape index (κ3) is 6.22. The fraction of sp³-hybridized carbons (Fsp3) is 0.409. The minimum Gasteiger partial charge on any atom is -0.493 e. The first-order valence-electron chi connectivity index (χ1n) is 9.85. The first-order chi connectivity index (χ1) is 14.7. The van der Waals surface area contributed by atoms with Crippen LogP contribution in [0.2, 0.25) is 0 Å². The van der Waals surface area contributed by atoms with Gasteiger partial charge in [0.1, 0.15) is 0 Å². The molecule has 0 aliphatic carbocycles. The Bertz CT molecular complexity index is 892. The normalized spacial score (nSPS) is 12.8. The minimum absolute atomic E-state index is 0. The fourth-order valence-corrected chi connectivity index (χ4v) is 3.23. The minimum atomic E-state index is 0. The lowest BCUT2D eigenvalue weighted by Gasteiger charge is -2.17. The van der Waals surface area contributed by atoms with Gasteiger partial charge in [-0.1, -0.05) is 6.07 Å². The van der Waals surface area contributed by atoms with Crippen LogP contribution in [0.25, 0.3) is 0 Å². The number of fused-ring (bicyclic) bond motifs is 1. The van der Waals surface area contributed by atoms with E-state index < -0.39 is 0 Å². The molecule has 0 saturated carbocycles. The smallest absolute Gasteiger partial charge is 0.203 e. The van der Waals surface area contributed by atoms with Crippen LogP contribution in [0.3, 0.4) is 0 Å². The van der Waals surface area contributed by atoms with Crippen molar-refractivity contribution >= 4 is 35.6 Å². The van der Waals surface area contributed by atoms with E-state index in [2.05, 4.69) is 15.6 Å². The van der Waals surface area contributed by atoms with Crippen molar-refractivity contribution in [3.8, 4) is 28.7 Å². The maximum Gasteiger partial charge on any atom is 0.203 e. The number of nitrogens with one attached hydrogen (secondary N) is 2. The summed E-state index contributed by atoms with van der Waals surface area (Å²) >= 11 is 0. The first kappa shape index (κ1) is 24.7. The van der Waals surface area contributed by atoms with Crippen molar-refractivity contribution in [2.45, 2.75) is 12.8 Å². The van der Waals surface area contributed by atoms with Crippen LogP contribution in [0.1, 0.15) is 12.0 Å². The van der Waals surface area contributed by atoms with Crippen molar-refractivity contribution in [3.63, 3.8) is 0 Å². The van der Waals surface area contributed by atoms with Gasteiger partial charge in [0, 0.05) is 37.3 Å². The molecule has 170 valence electrons. The molecule has 0 radical (unpaired) electrons. The van der Waals surface area contributed by atoms with Crippen LogP contribution < -0.4 is 34.3 Å². The zero-order valence-corrected chi connectivity index (χ0v) is 20.6. The molecule has 0 unspecified atom stereocenters. The largest absolute Gasteiger partial charge is 0.493 e.